The zero-order valence-electron chi connectivity index (χ0n) is 17.4. The fourth-order valence-corrected chi connectivity index (χ4v) is 2.80. The summed E-state index contributed by atoms with van der Waals surface area (Å²) >= 11 is 0. The van der Waals surface area contributed by atoms with E-state index in [2.05, 4.69) is 15.6 Å². The third-order valence-corrected chi connectivity index (χ3v) is 4.32. The first kappa shape index (κ1) is 24.3. The number of nitrogens with one attached hydrogen (secondary N) is 3. The van der Waals surface area contributed by atoms with Crippen molar-refractivity contribution in [3.8, 4) is 0 Å². The molecule has 0 aliphatic carbocycles. The van der Waals surface area contributed by atoms with Crippen LogP contribution in [0.5, 0.6) is 0 Å². The van der Waals surface area contributed by atoms with Gasteiger partial charge in [-0.1, -0.05) is 44.8 Å². The van der Waals surface area contributed by atoms with Crippen molar-refractivity contribution < 1.29 is 14.2 Å². The Morgan fingerprint density at radius 2 is 2.10 bits per heavy atom. The molecule has 1 rings (SSSR count). The van der Waals surface area contributed by atoms with E-state index in [0.717, 1.165) is 12.0 Å². The fourth-order valence-electron chi connectivity index (χ4n) is 2.80. The molecule has 0 spiro atoms. The number of hydrogen-bond acceptors (Lipinski definition) is 5. The number of guanidine groups is 1. The molecule has 5 N–H and O–H groups in total. The SMILES string of the molecule is CCC[C@@](N=C(N)N[N+](=O)[O-])(NCc1ccc(F)c(C)c1)C(=O)NCCC(C)C. The van der Waals surface area contributed by atoms with Crippen LogP contribution in [0.4, 0.5) is 4.39 Å². The van der Waals surface area contributed by atoms with Crippen LogP contribution in [0.3, 0.4) is 0 Å². The Labute approximate surface area is 170 Å². The van der Waals surface area contributed by atoms with Crippen molar-refractivity contribution in [1.82, 2.24) is 16.1 Å². The van der Waals surface area contributed by atoms with Gasteiger partial charge in [0.1, 0.15) is 5.82 Å². The summed E-state index contributed by atoms with van der Waals surface area (Å²) in [4.78, 5) is 27.8. The quantitative estimate of drug-likeness (QED) is 0.191. The zero-order chi connectivity index (χ0) is 22.0. The lowest BCUT2D eigenvalue weighted by molar-refractivity contribution is -0.525. The van der Waals surface area contributed by atoms with Crippen LogP contribution in [0, 0.1) is 28.8 Å². The van der Waals surface area contributed by atoms with Gasteiger partial charge in [-0.25, -0.2) is 19.5 Å². The normalized spacial score (nSPS) is 13.8. The Balaban J connectivity index is 3.14. The van der Waals surface area contributed by atoms with E-state index in [0.29, 0.717) is 24.4 Å². The van der Waals surface area contributed by atoms with Crippen molar-refractivity contribution in [1.29, 1.82) is 0 Å². The first-order chi connectivity index (χ1) is 13.6. The lowest BCUT2D eigenvalue weighted by Gasteiger charge is -2.30. The largest absolute Gasteiger partial charge is 0.365 e. The number of aryl methyl sites for hydroxylation is 1. The van der Waals surface area contributed by atoms with Crippen LogP contribution in [-0.4, -0.2) is 29.1 Å². The van der Waals surface area contributed by atoms with E-state index in [1.807, 2.05) is 20.8 Å². The number of nitrogens with zero attached hydrogens (tertiary/aromatic N) is 2. The molecule has 0 saturated heterocycles. The number of carbonyl (C=O) groups excluding carboxylic acids is 1. The number of nitrogens with two attached hydrogens (primary N) is 1. The van der Waals surface area contributed by atoms with E-state index in [9.17, 15) is 19.3 Å². The molecule has 10 heteroatoms. The van der Waals surface area contributed by atoms with Gasteiger partial charge in [0.25, 0.3) is 11.9 Å². The average molecular weight is 410 g/mol. The molecule has 0 unspecified atom stereocenters. The summed E-state index contributed by atoms with van der Waals surface area (Å²) in [5, 5.41) is 15.8. The van der Waals surface area contributed by atoms with Crippen LogP contribution in [0.1, 0.15) is 51.2 Å². The van der Waals surface area contributed by atoms with Crippen LogP contribution < -0.4 is 21.8 Å². The molecule has 1 aromatic rings. The van der Waals surface area contributed by atoms with Crippen LogP contribution >= 0.6 is 0 Å². The van der Waals surface area contributed by atoms with Gasteiger partial charge >= 0.3 is 0 Å². The second-order valence-electron chi connectivity index (χ2n) is 7.35. The molecule has 29 heavy (non-hydrogen) atoms. The Hall–Kier alpha value is -2.75. The van der Waals surface area contributed by atoms with Gasteiger partial charge in [0, 0.05) is 13.1 Å². The molecule has 1 amide bonds. The standard InChI is InChI=1S/C19H31FN6O3/c1-5-9-19(24-18(21)25-26(28)29,17(27)22-10-8-13(2)3)23-12-15-6-7-16(20)14(4)11-15/h6-7,11,13,23H,5,8-10,12H2,1-4H3,(H,22,27)(H3,21,24,25)/t19-/m0/s1. The van der Waals surface area contributed by atoms with E-state index in [1.54, 1.807) is 24.5 Å². The molecule has 0 fully saturated rings. The predicted molar refractivity (Wildman–Crippen MR) is 110 cm³/mol. The van der Waals surface area contributed by atoms with E-state index in [4.69, 9.17) is 5.73 Å². The molecule has 1 aromatic carbocycles. The van der Waals surface area contributed by atoms with Gasteiger partial charge in [0.05, 0.1) is 0 Å². The smallest absolute Gasteiger partial charge is 0.262 e. The molecular formula is C19H31FN6O3. The van der Waals surface area contributed by atoms with E-state index in [1.165, 1.54) is 6.07 Å². The highest BCUT2D eigenvalue weighted by molar-refractivity contribution is 5.89. The Morgan fingerprint density at radius 1 is 1.41 bits per heavy atom. The number of aliphatic imine (C=N–C) groups is 1. The number of benzene rings is 1. The molecule has 0 heterocycles. The number of halogens is 1. The molecule has 162 valence electrons. The molecule has 9 nitrogen and oxygen atoms in total. The van der Waals surface area contributed by atoms with Gasteiger partial charge in [-0.2, -0.15) is 0 Å². The molecular weight excluding hydrogens is 379 g/mol. The third-order valence-electron chi connectivity index (χ3n) is 4.32. The van der Waals surface area contributed by atoms with E-state index in [-0.39, 0.29) is 18.8 Å². The summed E-state index contributed by atoms with van der Waals surface area (Å²) in [5.41, 5.74) is 7.15. The Kier molecular flexibility index (Phi) is 9.46. The molecule has 0 bridgehead atoms. The predicted octanol–water partition coefficient (Wildman–Crippen LogP) is 1.98. The molecule has 1 atom stereocenters. The maximum absolute atomic E-state index is 13.5. The summed E-state index contributed by atoms with van der Waals surface area (Å²) < 4.78 is 13.5. The van der Waals surface area contributed by atoms with E-state index >= 15 is 0 Å². The monoisotopic (exact) mass is 410 g/mol. The average Bonchev–Trinajstić information content (AvgIpc) is 2.61. The van der Waals surface area contributed by atoms with Gasteiger partial charge in [0.2, 0.25) is 0 Å². The van der Waals surface area contributed by atoms with Crippen molar-refractivity contribution in [3.05, 3.63) is 45.3 Å². The number of rotatable bonds is 11. The fraction of sp³-hybridized carbons (Fsp3) is 0.579. The van der Waals surface area contributed by atoms with Gasteiger partial charge in [-0.15, -0.1) is 0 Å². The summed E-state index contributed by atoms with van der Waals surface area (Å²) in [7, 11) is 0. The summed E-state index contributed by atoms with van der Waals surface area (Å²) in [5.74, 6) is -0.828. The molecule has 0 aromatic heterocycles. The van der Waals surface area contributed by atoms with Crippen LogP contribution in [-0.2, 0) is 11.3 Å². The minimum absolute atomic E-state index is 0.202. The Bertz CT molecular complexity index is 741. The number of hydrazine groups is 1. The lowest BCUT2D eigenvalue weighted by Crippen LogP contribution is -2.57. The van der Waals surface area contributed by atoms with Crippen LogP contribution in [0.15, 0.2) is 23.2 Å². The van der Waals surface area contributed by atoms with Crippen molar-refractivity contribution >= 4 is 11.9 Å². The highest BCUT2D eigenvalue weighted by Crippen LogP contribution is 2.18. The maximum atomic E-state index is 13.5. The number of nitro groups is 1. The van der Waals surface area contributed by atoms with Crippen molar-refractivity contribution in [2.24, 2.45) is 16.6 Å². The molecule has 0 aliphatic heterocycles. The number of amides is 1. The number of carbonyl (C=O) groups is 1. The molecule has 0 saturated carbocycles. The van der Waals surface area contributed by atoms with Crippen molar-refractivity contribution in [3.63, 3.8) is 0 Å². The molecule has 0 radical (unpaired) electrons. The second-order valence-corrected chi connectivity index (χ2v) is 7.35. The summed E-state index contributed by atoms with van der Waals surface area (Å²) in [6.07, 6.45) is 1.61. The third kappa shape index (κ3) is 8.02. The lowest BCUT2D eigenvalue weighted by atomic mass is 10.0. The second kappa shape index (κ2) is 11.3. The molecule has 0 aliphatic rings. The topological polar surface area (TPSA) is 135 Å². The summed E-state index contributed by atoms with van der Waals surface area (Å²) in [6.45, 7) is 8.24. The maximum Gasteiger partial charge on any atom is 0.262 e. The van der Waals surface area contributed by atoms with Gasteiger partial charge in [-0.05, 0) is 42.9 Å². The highest BCUT2D eigenvalue weighted by Gasteiger charge is 2.37. The van der Waals surface area contributed by atoms with Gasteiger partial charge in [0.15, 0.2) is 10.7 Å². The minimum Gasteiger partial charge on any atom is -0.365 e. The van der Waals surface area contributed by atoms with Gasteiger partial charge < -0.3 is 11.1 Å². The summed E-state index contributed by atoms with van der Waals surface area (Å²) in [6, 6.07) is 4.62. The zero-order valence-corrected chi connectivity index (χ0v) is 17.4. The van der Waals surface area contributed by atoms with Crippen LogP contribution in [0.2, 0.25) is 0 Å². The minimum atomic E-state index is -1.50. The first-order valence-corrected chi connectivity index (χ1v) is 9.64. The van der Waals surface area contributed by atoms with E-state index < -0.39 is 22.6 Å². The highest BCUT2D eigenvalue weighted by atomic mass is 19.1. The van der Waals surface area contributed by atoms with Crippen LogP contribution in [0.25, 0.3) is 0 Å². The van der Waals surface area contributed by atoms with Crippen molar-refractivity contribution in [2.75, 3.05) is 6.54 Å². The Morgan fingerprint density at radius 3 is 2.66 bits per heavy atom. The first-order valence-electron chi connectivity index (χ1n) is 9.64. The van der Waals surface area contributed by atoms with Crippen molar-refractivity contribution in [2.45, 2.75) is 59.2 Å². The van der Waals surface area contributed by atoms with Gasteiger partial charge in [-0.3, -0.25) is 10.1 Å². The number of hydrogen-bond donors (Lipinski definition) is 4.